The SMILES string of the molecule is Cc1ccccc1CN(C(=O)CCCN(c1cccc(Cl)c1C)S(C)(=O)=O)C(Cc1ccccc1)C(=O)NC1CCCC1. The molecule has 3 aromatic rings. The highest BCUT2D eigenvalue weighted by Crippen LogP contribution is 2.29. The van der Waals surface area contributed by atoms with Crippen LogP contribution in [0.2, 0.25) is 5.02 Å². The van der Waals surface area contributed by atoms with Crippen LogP contribution in [0, 0.1) is 13.8 Å². The van der Waals surface area contributed by atoms with Crippen LogP contribution in [0.5, 0.6) is 0 Å². The van der Waals surface area contributed by atoms with Gasteiger partial charge in [-0.25, -0.2) is 8.42 Å². The average Bonchev–Trinajstić information content (AvgIpc) is 3.48. The normalized spacial score (nSPS) is 14.3. The van der Waals surface area contributed by atoms with E-state index in [1.807, 2.05) is 61.5 Å². The van der Waals surface area contributed by atoms with Gasteiger partial charge in [0, 0.05) is 37.0 Å². The lowest BCUT2D eigenvalue weighted by Crippen LogP contribution is -2.52. The highest BCUT2D eigenvalue weighted by Gasteiger charge is 2.32. The predicted molar refractivity (Wildman–Crippen MR) is 174 cm³/mol. The van der Waals surface area contributed by atoms with Crippen molar-refractivity contribution < 1.29 is 18.0 Å². The molecule has 0 aromatic heterocycles. The maximum Gasteiger partial charge on any atom is 0.243 e. The first-order chi connectivity index (χ1) is 20.5. The quantitative estimate of drug-likeness (QED) is 0.246. The highest BCUT2D eigenvalue weighted by molar-refractivity contribution is 7.92. The van der Waals surface area contributed by atoms with Crippen molar-refractivity contribution in [2.75, 3.05) is 17.1 Å². The zero-order valence-electron chi connectivity index (χ0n) is 25.3. The van der Waals surface area contributed by atoms with Crippen molar-refractivity contribution in [3.05, 3.63) is 100 Å². The second-order valence-electron chi connectivity index (χ2n) is 11.5. The fourth-order valence-corrected chi connectivity index (χ4v) is 6.93. The number of aryl methyl sites for hydroxylation is 1. The summed E-state index contributed by atoms with van der Waals surface area (Å²) < 4.78 is 26.9. The zero-order valence-corrected chi connectivity index (χ0v) is 26.8. The lowest BCUT2D eigenvalue weighted by Gasteiger charge is -2.33. The van der Waals surface area contributed by atoms with Gasteiger partial charge < -0.3 is 10.2 Å². The second kappa shape index (κ2) is 14.9. The number of nitrogens with one attached hydrogen (secondary N) is 1. The van der Waals surface area contributed by atoms with Crippen LogP contribution in [0.4, 0.5) is 5.69 Å². The Morgan fingerprint density at radius 3 is 2.30 bits per heavy atom. The van der Waals surface area contributed by atoms with E-state index in [-0.39, 0.29) is 43.8 Å². The molecule has 1 aliphatic rings. The average molecular weight is 624 g/mol. The molecule has 3 aromatic carbocycles. The number of amides is 2. The number of hydrogen-bond acceptors (Lipinski definition) is 4. The van der Waals surface area contributed by atoms with Crippen molar-refractivity contribution in [3.63, 3.8) is 0 Å². The number of benzene rings is 3. The van der Waals surface area contributed by atoms with Crippen molar-refractivity contribution in [2.45, 2.75) is 77.4 Å². The third-order valence-electron chi connectivity index (χ3n) is 8.23. The van der Waals surface area contributed by atoms with E-state index in [0.29, 0.717) is 22.7 Å². The molecule has 230 valence electrons. The fraction of sp³-hybridized carbons (Fsp3) is 0.412. The molecule has 2 amide bonds. The van der Waals surface area contributed by atoms with Crippen LogP contribution in [-0.4, -0.2) is 50.0 Å². The Kier molecular flexibility index (Phi) is 11.3. The van der Waals surface area contributed by atoms with Gasteiger partial charge in [-0.1, -0.05) is 85.1 Å². The Labute approximate surface area is 261 Å². The molecule has 4 rings (SSSR count). The summed E-state index contributed by atoms with van der Waals surface area (Å²) in [7, 11) is -3.63. The minimum Gasteiger partial charge on any atom is -0.352 e. The third-order valence-corrected chi connectivity index (χ3v) is 9.82. The molecule has 1 N–H and O–H groups in total. The van der Waals surface area contributed by atoms with Gasteiger partial charge in [-0.15, -0.1) is 0 Å². The van der Waals surface area contributed by atoms with Crippen LogP contribution >= 0.6 is 11.6 Å². The van der Waals surface area contributed by atoms with Crippen LogP contribution in [0.3, 0.4) is 0 Å². The summed E-state index contributed by atoms with van der Waals surface area (Å²) in [5.41, 5.74) is 4.13. The molecular weight excluding hydrogens is 582 g/mol. The number of carbonyl (C=O) groups excluding carboxylic acids is 2. The minimum absolute atomic E-state index is 0.0828. The first-order valence-corrected chi connectivity index (χ1v) is 17.2. The van der Waals surface area contributed by atoms with Gasteiger partial charge in [0.2, 0.25) is 21.8 Å². The lowest BCUT2D eigenvalue weighted by atomic mass is 10.0. The molecule has 1 unspecified atom stereocenters. The standard InChI is InChI=1S/C34H42ClN3O4S/c1-25-13-7-8-16-28(25)24-37(32(23-27-14-5-4-6-15-27)34(40)36-29-17-9-10-18-29)33(39)21-12-22-38(43(3,41)42)31-20-11-19-30(35)26(31)2/h4-8,11,13-16,19-20,29,32H,9-10,12,17-18,21-24H2,1-3H3,(H,36,40). The van der Waals surface area contributed by atoms with Gasteiger partial charge in [0.05, 0.1) is 11.9 Å². The summed E-state index contributed by atoms with van der Waals surface area (Å²) in [4.78, 5) is 29.7. The summed E-state index contributed by atoms with van der Waals surface area (Å²) in [6.07, 6.45) is 5.97. The number of anilines is 1. The van der Waals surface area contributed by atoms with Crippen LogP contribution < -0.4 is 9.62 Å². The van der Waals surface area contributed by atoms with E-state index in [9.17, 15) is 18.0 Å². The molecule has 1 atom stereocenters. The molecule has 1 fully saturated rings. The van der Waals surface area contributed by atoms with Gasteiger partial charge in [0.25, 0.3) is 0 Å². The second-order valence-corrected chi connectivity index (χ2v) is 13.8. The number of sulfonamides is 1. The largest absolute Gasteiger partial charge is 0.352 e. The summed E-state index contributed by atoms with van der Waals surface area (Å²) in [6.45, 7) is 4.17. The summed E-state index contributed by atoms with van der Waals surface area (Å²) in [6, 6.07) is 22.2. The Balaban J connectivity index is 1.61. The van der Waals surface area contributed by atoms with E-state index in [1.54, 1.807) is 30.0 Å². The Bertz CT molecular complexity index is 1510. The van der Waals surface area contributed by atoms with Gasteiger partial charge in [-0.2, -0.15) is 0 Å². The summed E-state index contributed by atoms with van der Waals surface area (Å²) in [5, 5.41) is 3.70. The molecular formula is C34H42ClN3O4S. The molecule has 1 aliphatic carbocycles. The van der Waals surface area contributed by atoms with E-state index in [0.717, 1.165) is 48.6 Å². The van der Waals surface area contributed by atoms with Crippen LogP contribution in [-0.2, 0) is 32.6 Å². The van der Waals surface area contributed by atoms with E-state index in [2.05, 4.69) is 5.32 Å². The third kappa shape index (κ3) is 8.83. The van der Waals surface area contributed by atoms with E-state index in [4.69, 9.17) is 11.6 Å². The monoisotopic (exact) mass is 623 g/mol. The molecule has 0 bridgehead atoms. The number of nitrogens with zero attached hydrogens (tertiary/aromatic N) is 2. The van der Waals surface area contributed by atoms with Gasteiger partial charge in [-0.05, 0) is 67.5 Å². The number of halogens is 1. The van der Waals surface area contributed by atoms with E-state index < -0.39 is 16.1 Å². The summed E-state index contributed by atoms with van der Waals surface area (Å²) in [5.74, 6) is -0.341. The van der Waals surface area contributed by atoms with Crippen molar-refractivity contribution in [3.8, 4) is 0 Å². The topological polar surface area (TPSA) is 86.8 Å². The summed E-state index contributed by atoms with van der Waals surface area (Å²) >= 11 is 6.30. The molecule has 0 radical (unpaired) electrons. The van der Waals surface area contributed by atoms with Crippen LogP contribution in [0.25, 0.3) is 0 Å². The van der Waals surface area contributed by atoms with Crippen molar-refractivity contribution in [1.29, 1.82) is 0 Å². The van der Waals surface area contributed by atoms with E-state index >= 15 is 0 Å². The molecule has 9 heteroatoms. The Hall–Kier alpha value is -3.36. The van der Waals surface area contributed by atoms with Gasteiger partial charge in [0.1, 0.15) is 6.04 Å². The van der Waals surface area contributed by atoms with Gasteiger partial charge >= 0.3 is 0 Å². The predicted octanol–water partition coefficient (Wildman–Crippen LogP) is 6.20. The number of carbonyl (C=O) groups is 2. The highest BCUT2D eigenvalue weighted by atomic mass is 35.5. The minimum atomic E-state index is -3.63. The maximum atomic E-state index is 14.1. The molecule has 0 spiro atoms. The zero-order chi connectivity index (χ0) is 31.0. The van der Waals surface area contributed by atoms with Crippen molar-refractivity contribution >= 4 is 39.1 Å². The van der Waals surface area contributed by atoms with Gasteiger partial charge in [-0.3, -0.25) is 13.9 Å². The molecule has 0 aliphatic heterocycles. The number of rotatable bonds is 13. The van der Waals surface area contributed by atoms with Crippen molar-refractivity contribution in [1.82, 2.24) is 10.2 Å². The van der Waals surface area contributed by atoms with Crippen LogP contribution in [0.1, 0.15) is 60.8 Å². The molecule has 7 nitrogen and oxygen atoms in total. The number of hydrogen-bond donors (Lipinski definition) is 1. The lowest BCUT2D eigenvalue weighted by molar-refractivity contribution is -0.141. The first-order valence-electron chi connectivity index (χ1n) is 15.0. The Morgan fingerprint density at radius 2 is 1.63 bits per heavy atom. The fourth-order valence-electron chi connectivity index (χ4n) is 5.74. The van der Waals surface area contributed by atoms with E-state index in [1.165, 1.54) is 4.31 Å². The molecule has 0 saturated heterocycles. The van der Waals surface area contributed by atoms with Crippen molar-refractivity contribution in [2.24, 2.45) is 0 Å². The maximum absolute atomic E-state index is 14.1. The molecule has 43 heavy (non-hydrogen) atoms. The molecule has 0 heterocycles. The van der Waals surface area contributed by atoms with Gasteiger partial charge in [0.15, 0.2) is 0 Å². The molecule has 1 saturated carbocycles. The first kappa shape index (κ1) is 32.6. The Morgan fingerprint density at radius 1 is 0.953 bits per heavy atom. The smallest absolute Gasteiger partial charge is 0.243 e. The van der Waals surface area contributed by atoms with Crippen LogP contribution in [0.15, 0.2) is 72.8 Å².